The number of benzene rings is 2. The van der Waals surface area contributed by atoms with Crippen molar-refractivity contribution in [2.24, 2.45) is 0 Å². The molecule has 1 amide bonds. The van der Waals surface area contributed by atoms with Gasteiger partial charge in [-0.25, -0.2) is 12.8 Å². The third-order valence-electron chi connectivity index (χ3n) is 5.03. The van der Waals surface area contributed by atoms with Crippen LogP contribution in [-0.4, -0.2) is 39.7 Å². The zero-order chi connectivity index (χ0) is 21.0. The minimum atomic E-state index is -3.75. The fraction of sp³-hybridized carbons (Fsp3) is 0.381. The van der Waals surface area contributed by atoms with Gasteiger partial charge in [-0.05, 0) is 74.7 Å². The van der Waals surface area contributed by atoms with Gasteiger partial charge in [-0.2, -0.15) is 0 Å². The number of sulfonamides is 1. The highest BCUT2D eigenvalue weighted by molar-refractivity contribution is 7.92. The summed E-state index contributed by atoms with van der Waals surface area (Å²) in [5.41, 5.74) is 1.94. The molecule has 0 unspecified atom stereocenters. The van der Waals surface area contributed by atoms with Crippen molar-refractivity contribution in [2.45, 2.75) is 32.2 Å². The number of anilines is 3. The van der Waals surface area contributed by atoms with Crippen LogP contribution in [0, 0.1) is 5.82 Å². The standard InChI is InChI=1S/C21H26FN3O3S/c1-16(25(29(2,27)28)20-10-6-17(22)7-11-20)21(26)23-18-8-12-19(13-9-18)24-14-4-3-5-15-24/h6-13,16H,3-5,14-15H2,1-2H3,(H,23,26)/t16-/m0/s1. The molecular weight excluding hydrogens is 393 g/mol. The number of amides is 1. The van der Waals surface area contributed by atoms with Gasteiger partial charge in [0.25, 0.3) is 0 Å². The van der Waals surface area contributed by atoms with Crippen molar-refractivity contribution in [3.05, 3.63) is 54.3 Å². The van der Waals surface area contributed by atoms with Gasteiger partial charge < -0.3 is 10.2 Å². The van der Waals surface area contributed by atoms with E-state index in [1.807, 2.05) is 24.3 Å². The quantitative estimate of drug-likeness (QED) is 0.777. The van der Waals surface area contributed by atoms with Crippen molar-refractivity contribution in [2.75, 3.05) is 33.9 Å². The highest BCUT2D eigenvalue weighted by atomic mass is 32.2. The van der Waals surface area contributed by atoms with Gasteiger partial charge in [0, 0.05) is 24.5 Å². The molecule has 1 saturated heterocycles. The van der Waals surface area contributed by atoms with Crippen LogP contribution < -0.4 is 14.5 Å². The molecule has 0 bridgehead atoms. The van der Waals surface area contributed by atoms with E-state index >= 15 is 0 Å². The maximum absolute atomic E-state index is 13.2. The van der Waals surface area contributed by atoms with Gasteiger partial charge in [0.15, 0.2) is 0 Å². The Morgan fingerprint density at radius 3 is 2.17 bits per heavy atom. The van der Waals surface area contributed by atoms with Crippen LogP contribution in [0.15, 0.2) is 48.5 Å². The molecule has 0 spiro atoms. The lowest BCUT2D eigenvalue weighted by Crippen LogP contribution is -2.45. The maximum Gasteiger partial charge on any atom is 0.247 e. The number of halogens is 1. The van der Waals surface area contributed by atoms with E-state index in [0.717, 1.165) is 41.5 Å². The van der Waals surface area contributed by atoms with E-state index in [-0.39, 0.29) is 5.69 Å². The van der Waals surface area contributed by atoms with Crippen LogP contribution in [0.3, 0.4) is 0 Å². The average molecular weight is 420 g/mol. The molecule has 0 aliphatic carbocycles. The minimum Gasteiger partial charge on any atom is -0.372 e. The number of rotatable bonds is 6. The van der Waals surface area contributed by atoms with Gasteiger partial charge >= 0.3 is 0 Å². The summed E-state index contributed by atoms with van der Waals surface area (Å²) < 4.78 is 38.8. The van der Waals surface area contributed by atoms with Gasteiger partial charge in [0.1, 0.15) is 11.9 Å². The molecule has 8 heteroatoms. The van der Waals surface area contributed by atoms with Crippen LogP contribution in [-0.2, 0) is 14.8 Å². The molecule has 0 aromatic heterocycles. The lowest BCUT2D eigenvalue weighted by Gasteiger charge is -2.29. The van der Waals surface area contributed by atoms with Gasteiger partial charge in [-0.15, -0.1) is 0 Å². The van der Waals surface area contributed by atoms with Crippen LogP contribution in [0.1, 0.15) is 26.2 Å². The first-order chi connectivity index (χ1) is 13.8. The summed E-state index contributed by atoms with van der Waals surface area (Å²) in [4.78, 5) is 15.0. The van der Waals surface area contributed by atoms with Crippen LogP contribution >= 0.6 is 0 Å². The van der Waals surface area contributed by atoms with Crippen molar-refractivity contribution in [1.82, 2.24) is 0 Å². The predicted octanol–water partition coefficient (Wildman–Crippen LogP) is 3.61. The Kier molecular flexibility index (Phi) is 6.42. The van der Waals surface area contributed by atoms with E-state index in [4.69, 9.17) is 0 Å². The van der Waals surface area contributed by atoms with Gasteiger partial charge in [0.05, 0.1) is 11.9 Å². The molecule has 1 atom stereocenters. The van der Waals surface area contributed by atoms with Crippen molar-refractivity contribution in [3.8, 4) is 0 Å². The third-order valence-corrected chi connectivity index (χ3v) is 6.27. The van der Waals surface area contributed by atoms with E-state index in [2.05, 4.69) is 10.2 Å². The molecular formula is C21H26FN3O3S. The van der Waals surface area contributed by atoms with Crippen molar-refractivity contribution in [1.29, 1.82) is 0 Å². The summed E-state index contributed by atoms with van der Waals surface area (Å²) in [6.07, 6.45) is 4.64. The third kappa shape index (κ3) is 5.26. The Hall–Kier alpha value is -2.61. The van der Waals surface area contributed by atoms with E-state index in [9.17, 15) is 17.6 Å². The summed E-state index contributed by atoms with van der Waals surface area (Å²) in [6.45, 7) is 3.56. The van der Waals surface area contributed by atoms with Crippen LogP contribution in [0.2, 0.25) is 0 Å². The van der Waals surface area contributed by atoms with Crippen molar-refractivity contribution in [3.63, 3.8) is 0 Å². The molecule has 3 rings (SSSR count). The summed E-state index contributed by atoms with van der Waals surface area (Å²) in [6, 6.07) is 11.6. The lowest BCUT2D eigenvalue weighted by atomic mass is 10.1. The molecule has 2 aromatic rings. The monoisotopic (exact) mass is 419 g/mol. The second kappa shape index (κ2) is 8.82. The molecule has 1 fully saturated rings. The summed E-state index contributed by atoms with van der Waals surface area (Å²) >= 11 is 0. The number of nitrogens with zero attached hydrogens (tertiary/aromatic N) is 2. The lowest BCUT2D eigenvalue weighted by molar-refractivity contribution is -0.116. The summed E-state index contributed by atoms with van der Waals surface area (Å²) in [5.74, 6) is -0.946. The Labute approximate surface area is 171 Å². The van der Waals surface area contributed by atoms with Crippen LogP contribution in [0.5, 0.6) is 0 Å². The fourth-order valence-corrected chi connectivity index (χ4v) is 4.73. The van der Waals surface area contributed by atoms with E-state index in [1.54, 1.807) is 0 Å². The normalized spacial score (nSPS) is 15.6. The Balaban J connectivity index is 1.73. The van der Waals surface area contributed by atoms with E-state index in [1.165, 1.54) is 38.3 Å². The smallest absolute Gasteiger partial charge is 0.247 e. The SMILES string of the molecule is C[C@@H](C(=O)Nc1ccc(N2CCCCC2)cc1)N(c1ccc(F)cc1)S(C)(=O)=O. The second-order valence-electron chi connectivity index (χ2n) is 7.30. The Bertz CT molecular complexity index is 940. The molecule has 1 N–H and O–H groups in total. The first kappa shape index (κ1) is 21.1. The molecule has 0 radical (unpaired) electrons. The molecule has 2 aromatic carbocycles. The van der Waals surface area contributed by atoms with Gasteiger partial charge in [-0.1, -0.05) is 0 Å². The van der Waals surface area contributed by atoms with Gasteiger partial charge in [-0.3, -0.25) is 9.10 Å². The average Bonchev–Trinajstić information content (AvgIpc) is 2.70. The minimum absolute atomic E-state index is 0.233. The molecule has 1 aliphatic rings. The molecule has 0 saturated carbocycles. The van der Waals surface area contributed by atoms with E-state index < -0.39 is 27.8 Å². The zero-order valence-corrected chi connectivity index (χ0v) is 17.5. The molecule has 156 valence electrons. The zero-order valence-electron chi connectivity index (χ0n) is 16.6. The number of carbonyl (C=O) groups is 1. The first-order valence-corrected chi connectivity index (χ1v) is 11.5. The molecule has 1 heterocycles. The topological polar surface area (TPSA) is 69.7 Å². The largest absolute Gasteiger partial charge is 0.372 e. The molecule has 29 heavy (non-hydrogen) atoms. The first-order valence-electron chi connectivity index (χ1n) is 9.66. The van der Waals surface area contributed by atoms with Crippen molar-refractivity contribution >= 4 is 33.0 Å². The highest BCUT2D eigenvalue weighted by Gasteiger charge is 2.29. The highest BCUT2D eigenvalue weighted by Crippen LogP contribution is 2.24. The molecule has 1 aliphatic heterocycles. The number of hydrogen-bond acceptors (Lipinski definition) is 4. The summed E-state index contributed by atoms with van der Waals surface area (Å²) in [7, 11) is -3.75. The maximum atomic E-state index is 13.2. The predicted molar refractivity (Wildman–Crippen MR) is 114 cm³/mol. The van der Waals surface area contributed by atoms with Crippen LogP contribution in [0.25, 0.3) is 0 Å². The number of carbonyl (C=O) groups excluding carboxylic acids is 1. The van der Waals surface area contributed by atoms with E-state index in [0.29, 0.717) is 5.69 Å². The number of nitrogens with one attached hydrogen (secondary N) is 1. The van der Waals surface area contributed by atoms with Crippen molar-refractivity contribution < 1.29 is 17.6 Å². The Morgan fingerprint density at radius 1 is 1.03 bits per heavy atom. The Morgan fingerprint density at radius 2 is 1.62 bits per heavy atom. The second-order valence-corrected chi connectivity index (χ2v) is 9.15. The number of hydrogen-bond donors (Lipinski definition) is 1. The number of piperidine rings is 1. The molecule has 6 nitrogen and oxygen atoms in total. The van der Waals surface area contributed by atoms with Crippen LogP contribution in [0.4, 0.5) is 21.5 Å². The van der Waals surface area contributed by atoms with Gasteiger partial charge in [0.2, 0.25) is 15.9 Å². The fourth-order valence-electron chi connectivity index (χ4n) is 3.55. The summed E-state index contributed by atoms with van der Waals surface area (Å²) in [5, 5.41) is 2.77.